The summed E-state index contributed by atoms with van der Waals surface area (Å²) >= 11 is 0. The number of carbonyl (C=O) groups excluding carboxylic acids is 1. The van der Waals surface area contributed by atoms with Gasteiger partial charge in [-0.05, 0) is 25.9 Å². The van der Waals surface area contributed by atoms with Gasteiger partial charge in [-0.2, -0.15) is 5.10 Å². The molecule has 1 N–H and O–H groups in total. The minimum atomic E-state index is -0.104. The lowest BCUT2D eigenvalue weighted by Crippen LogP contribution is -2.37. The van der Waals surface area contributed by atoms with Crippen LogP contribution in [0, 0.1) is 0 Å². The predicted octanol–water partition coefficient (Wildman–Crippen LogP) is 3.91. The fraction of sp³-hybridized carbons (Fsp3) is 0.458. The number of nitrogens with one attached hydrogen (secondary N) is 1. The molecule has 158 valence electrons. The van der Waals surface area contributed by atoms with Gasteiger partial charge in [0.15, 0.2) is 5.65 Å². The Kier molecular flexibility index (Phi) is 5.86. The number of piperidine rings is 1. The van der Waals surface area contributed by atoms with Crippen LogP contribution in [0.5, 0.6) is 0 Å². The third-order valence-electron chi connectivity index (χ3n) is 5.71. The molecule has 6 nitrogen and oxygen atoms in total. The third-order valence-corrected chi connectivity index (χ3v) is 5.71. The van der Waals surface area contributed by atoms with Gasteiger partial charge in [-0.15, -0.1) is 0 Å². The summed E-state index contributed by atoms with van der Waals surface area (Å²) in [5, 5.41) is 7.92. The van der Waals surface area contributed by atoms with Crippen LogP contribution < -0.4 is 5.32 Å². The quantitative estimate of drug-likeness (QED) is 0.699. The Morgan fingerprint density at radius 3 is 2.53 bits per heavy atom. The zero-order valence-corrected chi connectivity index (χ0v) is 18.2. The fourth-order valence-corrected chi connectivity index (χ4v) is 3.95. The van der Waals surface area contributed by atoms with Crippen molar-refractivity contribution in [2.45, 2.75) is 45.4 Å². The summed E-state index contributed by atoms with van der Waals surface area (Å²) in [4.78, 5) is 20.1. The second kappa shape index (κ2) is 8.56. The Morgan fingerprint density at radius 2 is 1.83 bits per heavy atom. The molecule has 0 radical (unpaired) electrons. The Bertz CT molecular complexity index is 1010. The van der Waals surface area contributed by atoms with Crippen LogP contribution in [0.4, 0.5) is 0 Å². The summed E-state index contributed by atoms with van der Waals surface area (Å²) in [5.41, 5.74) is 3.90. The molecule has 1 amide bonds. The number of benzene rings is 1. The van der Waals surface area contributed by atoms with E-state index in [1.807, 2.05) is 40.9 Å². The Hall–Kier alpha value is -2.73. The molecule has 1 saturated heterocycles. The van der Waals surface area contributed by atoms with Crippen LogP contribution in [-0.2, 0) is 5.41 Å². The minimum absolute atomic E-state index is 0.0987. The molecule has 1 aliphatic rings. The van der Waals surface area contributed by atoms with Crippen molar-refractivity contribution >= 4 is 11.6 Å². The second-order valence-electron chi connectivity index (χ2n) is 9.09. The van der Waals surface area contributed by atoms with Crippen LogP contribution in [0.25, 0.3) is 16.9 Å². The van der Waals surface area contributed by atoms with Crippen molar-refractivity contribution in [2.75, 3.05) is 26.2 Å². The van der Waals surface area contributed by atoms with Gasteiger partial charge < -0.3 is 10.2 Å². The van der Waals surface area contributed by atoms with Crippen LogP contribution in [0.1, 0.15) is 56.1 Å². The Balaban J connectivity index is 1.65. The van der Waals surface area contributed by atoms with Gasteiger partial charge in [0.1, 0.15) is 0 Å². The third kappa shape index (κ3) is 4.38. The highest BCUT2D eigenvalue weighted by atomic mass is 16.1. The summed E-state index contributed by atoms with van der Waals surface area (Å²) in [6, 6.07) is 12.0. The first-order valence-electron chi connectivity index (χ1n) is 10.9. The van der Waals surface area contributed by atoms with Gasteiger partial charge >= 0.3 is 0 Å². The molecular formula is C24H31N5O. The van der Waals surface area contributed by atoms with Gasteiger partial charge in [0.05, 0.1) is 17.0 Å². The molecule has 1 aromatic carbocycles. The molecule has 3 heterocycles. The average Bonchev–Trinajstić information content (AvgIpc) is 3.19. The molecule has 30 heavy (non-hydrogen) atoms. The molecule has 0 unspecified atom stereocenters. The maximum atomic E-state index is 13.1. The normalized spacial score (nSPS) is 15.4. The topological polar surface area (TPSA) is 62.5 Å². The fourth-order valence-electron chi connectivity index (χ4n) is 3.95. The second-order valence-corrected chi connectivity index (χ2v) is 9.09. The van der Waals surface area contributed by atoms with E-state index in [-0.39, 0.29) is 11.3 Å². The number of rotatable bonds is 5. The minimum Gasteiger partial charge on any atom is -0.351 e. The molecule has 1 aliphatic heterocycles. The highest BCUT2D eigenvalue weighted by molar-refractivity contribution is 6.00. The molecule has 3 aromatic rings. The van der Waals surface area contributed by atoms with Crippen LogP contribution in [0.15, 0.2) is 42.6 Å². The van der Waals surface area contributed by atoms with E-state index in [0.717, 1.165) is 42.2 Å². The maximum Gasteiger partial charge on any atom is 0.255 e. The average molecular weight is 406 g/mol. The number of amides is 1. The van der Waals surface area contributed by atoms with Crippen molar-refractivity contribution in [1.29, 1.82) is 0 Å². The predicted molar refractivity (Wildman–Crippen MR) is 120 cm³/mol. The van der Waals surface area contributed by atoms with Gasteiger partial charge in [0.25, 0.3) is 5.91 Å². The number of hydrogen-bond donors (Lipinski definition) is 1. The van der Waals surface area contributed by atoms with E-state index >= 15 is 0 Å². The first-order valence-corrected chi connectivity index (χ1v) is 10.9. The molecule has 2 aromatic heterocycles. The molecule has 6 heteroatoms. The smallest absolute Gasteiger partial charge is 0.255 e. The van der Waals surface area contributed by atoms with E-state index in [9.17, 15) is 4.79 Å². The van der Waals surface area contributed by atoms with Crippen molar-refractivity contribution in [3.63, 3.8) is 0 Å². The molecule has 0 bridgehead atoms. The summed E-state index contributed by atoms with van der Waals surface area (Å²) in [5.74, 6) is -0.104. The molecule has 0 spiro atoms. The van der Waals surface area contributed by atoms with Gasteiger partial charge in [-0.1, -0.05) is 57.5 Å². The van der Waals surface area contributed by atoms with E-state index in [4.69, 9.17) is 5.10 Å². The molecular weight excluding hydrogens is 374 g/mol. The number of carbonyl (C=O) groups is 1. The van der Waals surface area contributed by atoms with Crippen molar-refractivity contribution < 1.29 is 4.79 Å². The maximum absolute atomic E-state index is 13.1. The number of hydrogen-bond acceptors (Lipinski definition) is 4. The van der Waals surface area contributed by atoms with E-state index < -0.39 is 0 Å². The monoisotopic (exact) mass is 405 g/mol. The summed E-state index contributed by atoms with van der Waals surface area (Å²) in [6.45, 7) is 10.2. The van der Waals surface area contributed by atoms with Gasteiger partial charge in [-0.3, -0.25) is 4.79 Å². The van der Waals surface area contributed by atoms with Crippen LogP contribution in [0.2, 0.25) is 0 Å². The van der Waals surface area contributed by atoms with Crippen molar-refractivity contribution in [3.05, 3.63) is 53.9 Å². The zero-order chi connectivity index (χ0) is 21.1. The highest BCUT2D eigenvalue weighted by Crippen LogP contribution is 2.27. The lowest BCUT2D eigenvalue weighted by Gasteiger charge is -2.26. The molecule has 1 fully saturated rings. The highest BCUT2D eigenvalue weighted by Gasteiger charge is 2.23. The largest absolute Gasteiger partial charge is 0.351 e. The van der Waals surface area contributed by atoms with E-state index in [0.29, 0.717) is 12.1 Å². The van der Waals surface area contributed by atoms with E-state index in [1.54, 1.807) is 6.20 Å². The van der Waals surface area contributed by atoms with Gasteiger partial charge in [-0.25, -0.2) is 9.50 Å². The van der Waals surface area contributed by atoms with Gasteiger partial charge in [0.2, 0.25) is 0 Å². The Morgan fingerprint density at radius 1 is 1.10 bits per heavy atom. The number of fused-ring (bicyclic) bond motifs is 1. The van der Waals surface area contributed by atoms with Crippen LogP contribution >= 0.6 is 0 Å². The lowest BCUT2D eigenvalue weighted by molar-refractivity contribution is 0.0946. The van der Waals surface area contributed by atoms with Crippen LogP contribution in [-0.4, -0.2) is 51.6 Å². The standard InChI is InChI=1S/C24H31N5O/c1-24(2,3)20-16-21-26-17-19(22(29(21)27-20)18-10-6-4-7-11-18)23(30)25-12-15-28-13-8-5-9-14-28/h4,6-7,10-11,16-17H,5,8-9,12-15H2,1-3H3,(H,25,30). The SMILES string of the molecule is CC(C)(C)c1cc2ncc(C(=O)NCCN3CCCCC3)c(-c3ccccc3)n2n1. The van der Waals surface area contributed by atoms with Crippen LogP contribution in [0.3, 0.4) is 0 Å². The van der Waals surface area contributed by atoms with Crippen molar-refractivity contribution in [1.82, 2.24) is 24.8 Å². The van der Waals surface area contributed by atoms with Crippen molar-refractivity contribution in [2.24, 2.45) is 0 Å². The summed E-state index contributed by atoms with van der Waals surface area (Å²) < 4.78 is 1.81. The summed E-state index contributed by atoms with van der Waals surface area (Å²) in [6.07, 6.45) is 5.50. The molecule has 4 rings (SSSR count). The number of likely N-dealkylation sites (tertiary alicyclic amines) is 1. The first kappa shape index (κ1) is 20.5. The molecule has 0 aliphatic carbocycles. The first-order chi connectivity index (χ1) is 14.4. The lowest BCUT2D eigenvalue weighted by atomic mass is 9.93. The zero-order valence-electron chi connectivity index (χ0n) is 18.2. The molecule has 0 saturated carbocycles. The number of aromatic nitrogens is 3. The molecule has 0 atom stereocenters. The van der Waals surface area contributed by atoms with Crippen molar-refractivity contribution in [3.8, 4) is 11.3 Å². The Labute approximate surface area is 178 Å². The van der Waals surface area contributed by atoms with E-state index in [1.165, 1.54) is 19.3 Å². The van der Waals surface area contributed by atoms with Gasteiger partial charge in [0, 0.05) is 36.3 Å². The summed E-state index contributed by atoms with van der Waals surface area (Å²) in [7, 11) is 0. The van der Waals surface area contributed by atoms with E-state index in [2.05, 4.69) is 36.0 Å². The number of nitrogens with zero attached hydrogens (tertiary/aromatic N) is 4.